The van der Waals surface area contributed by atoms with Gasteiger partial charge in [-0.05, 0) is 55.4 Å². The molecule has 35 heavy (non-hydrogen) atoms. The third-order valence-electron chi connectivity index (χ3n) is 6.23. The van der Waals surface area contributed by atoms with E-state index in [-0.39, 0.29) is 30.9 Å². The van der Waals surface area contributed by atoms with E-state index in [1.807, 2.05) is 0 Å². The van der Waals surface area contributed by atoms with Gasteiger partial charge in [0.15, 0.2) is 17.4 Å². The van der Waals surface area contributed by atoms with Crippen molar-refractivity contribution in [2.45, 2.75) is 32.3 Å². The molecular weight excluding hydrogens is 465 g/mol. The predicted molar refractivity (Wildman–Crippen MR) is 121 cm³/mol. The maximum absolute atomic E-state index is 14.6. The number of nitrogens with zero attached hydrogens (tertiary/aromatic N) is 1. The van der Waals surface area contributed by atoms with Crippen molar-refractivity contribution in [3.8, 4) is 11.5 Å². The van der Waals surface area contributed by atoms with Crippen LogP contribution in [0.1, 0.15) is 41.6 Å². The van der Waals surface area contributed by atoms with E-state index in [0.29, 0.717) is 43.1 Å². The van der Waals surface area contributed by atoms with Gasteiger partial charge in [-0.3, -0.25) is 14.4 Å². The van der Waals surface area contributed by atoms with E-state index in [2.05, 4.69) is 5.32 Å². The lowest BCUT2D eigenvalue weighted by atomic mass is 9.81. The van der Waals surface area contributed by atoms with Crippen LogP contribution in [0.4, 0.5) is 13.2 Å². The molecule has 0 radical (unpaired) electrons. The van der Waals surface area contributed by atoms with Gasteiger partial charge in [0.25, 0.3) is 5.91 Å². The third kappa shape index (κ3) is 6.45. The lowest BCUT2D eigenvalue weighted by Crippen LogP contribution is -2.36. The number of rotatable bonds is 9. The van der Waals surface area contributed by atoms with E-state index < -0.39 is 34.7 Å². The van der Waals surface area contributed by atoms with E-state index >= 15 is 0 Å². The maximum Gasteiger partial charge on any atom is 0.254 e. The van der Waals surface area contributed by atoms with Crippen LogP contribution < -0.4 is 14.8 Å². The number of methoxy groups -OCH3 is 1. The van der Waals surface area contributed by atoms with E-state index in [1.165, 1.54) is 19.3 Å². The second kappa shape index (κ2) is 11.9. The molecule has 0 aliphatic heterocycles. The summed E-state index contributed by atoms with van der Waals surface area (Å²) in [5, 5.41) is 3.74. The van der Waals surface area contributed by atoms with Crippen molar-refractivity contribution < 1.29 is 37.1 Å². The van der Waals surface area contributed by atoms with Gasteiger partial charge in [0.1, 0.15) is 12.4 Å². The quantitative estimate of drug-likeness (QED) is 0.417. The van der Waals surface area contributed by atoms with Crippen molar-refractivity contribution in [1.29, 1.82) is 0 Å². The van der Waals surface area contributed by atoms with Crippen LogP contribution in [-0.2, 0) is 16.2 Å². The highest BCUT2D eigenvalue weighted by molar-refractivity contribution is 5.94. The minimum Gasteiger partial charge on any atom is -0.497 e. The van der Waals surface area contributed by atoms with Crippen LogP contribution in [0.25, 0.3) is 0 Å². The number of carbonyl (C=O) groups excluding carboxylic acids is 2. The van der Waals surface area contributed by atoms with Gasteiger partial charge in [0, 0.05) is 19.5 Å². The summed E-state index contributed by atoms with van der Waals surface area (Å²) in [7, 11) is 4.48. The first kappa shape index (κ1) is 26.3. The molecule has 1 aliphatic rings. The van der Waals surface area contributed by atoms with Crippen LogP contribution in [0.3, 0.4) is 0 Å². The lowest BCUT2D eigenvalue weighted by molar-refractivity contribution is -0.174. The number of hydroxylamine groups is 2. The molecular formula is C25H29F3N2O5. The molecule has 2 aromatic carbocycles. The molecule has 0 aromatic heterocycles. The van der Waals surface area contributed by atoms with Crippen LogP contribution in [0.15, 0.2) is 30.3 Å². The molecule has 1 N–H and O–H groups in total. The Balaban J connectivity index is 1.56. The molecule has 190 valence electrons. The van der Waals surface area contributed by atoms with Crippen LogP contribution >= 0.6 is 0 Å². The van der Waals surface area contributed by atoms with Crippen LogP contribution in [0.5, 0.6) is 11.5 Å². The highest BCUT2D eigenvalue weighted by atomic mass is 19.2. The largest absolute Gasteiger partial charge is 0.497 e. The average Bonchev–Trinajstić information content (AvgIpc) is 2.89. The zero-order valence-corrected chi connectivity index (χ0v) is 19.9. The van der Waals surface area contributed by atoms with E-state index in [4.69, 9.17) is 14.3 Å². The van der Waals surface area contributed by atoms with Gasteiger partial charge in [-0.25, -0.2) is 13.8 Å². The topological polar surface area (TPSA) is 77.1 Å². The Morgan fingerprint density at radius 1 is 1.03 bits per heavy atom. The first-order valence-electron chi connectivity index (χ1n) is 11.3. The molecule has 0 spiro atoms. The Bertz CT molecular complexity index is 1040. The Hall–Kier alpha value is -3.27. The fraction of sp³-hybridized carbons (Fsp3) is 0.440. The fourth-order valence-corrected chi connectivity index (χ4v) is 4.05. The molecule has 0 unspecified atom stereocenters. The minimum atomic E-state index is -1.56. The lowest BCUT2D eigenvalue weighted by Gasteiger charge is -2.29. The monoisotopic (exact) mass is 494 g/mol. The summed E-state index contributed by atoms with van der Waals surface area (Å²) in [5.74, 6) is -5.61. The van der Waals surface area contributed by atoms with Gasteiger partial charge in [-0.1, -0.05) is 12.1 Å². The molecule has 1 saturated carbocycles. The number of amides is 2. The molecule has 0 bridgehead atoms. The van der Waals surface area contributed by atoms with Crippen molar-refractivity contribution in [3.63, 3.8) is 0 Å². The first-order valence-corrected chi connectivity index (χ1v) is 11.3. The van der Waals surface area contributed by atoms with Crippen molar-refractivity contribution in [2.75, 3.05) is 27.8 Å². The number of carbonyl (C=O) groups is 2. The average molecular weight is 495 g/mol. The van der Waals surface area contributed by atoms with E-state index in [0.717, 1.165) is 0 Å². The highest BCUT2D eigenvalue weighted by Crippen LogP contribution is 2.30. The van der Waals surface area contributed by atoms with Crippen LogP contribution in [0, 0.1) is 29.3 Å². The summed E-state index contributed by atoms with van der Waals surface area (Å²) in [5.41, 5.74) is -0.139. The highest BCUT2D eigenvalue weighted by Gasteiger charge is 2.29. The van der Waals surface area contributed by atoms with Gasteiger partial charge in [0.2, 0.25) is 11.7 Å². The molecule has 3 rings (SSSR count). The number of hydrogen-bond acceptors (Lipinski definition) is 5. The number of ether oxygens (including phenoxy) is 2. The van der Waals surface area contributed by atoms with Gasteiger partial charge in [-0.2, -0.15) is 4.39 Å². The molecule has 0 heterocycles. The summed E-state index contributed by atoms with van der Waals surface area (Å²) in [6.07, 6.45) is 2.62. The number of benzene rings is 2. The van der Waals surface area contributed by atoms with Gasteiger partial charge in [0.05, 0.1) is 19.8 Å². The summed E-state index contributed by atoms with van der Waals surface area (Å²) in [6, 6.07) is 7.23. The van der Waals surface area contributed by atoms with Gasteiger partial charge < -0.3 is 14.8 Å². The Morgan fingerprint density at radius 3 is 2.29 bits per heavy atom. The molecule has 0 atom stereocenters. The van der Waals surface area contributed by atoms with Crippen LogP contribution in [-0.4, -0.2) is 44.7 Å². The summed E-state index contributed by atoms with van der Waals surface area (Å²) < 4.78 is 53.8. The molecule has 10 heteroatoms. The van der Waals surface area contributed by atoms with E-state index in [9.17, 15) is 22.8 Å². The van der Waals surface area contributed by atoms with Gasteiger partial charge >= 0.3 is 0 Å². The zero-order chi connectivity index (χ0) is 25.5. The smallest absolute Gasteiger partial charge is 0.254 e. The summed E-state index contributed by atoms with van der Waals surface area (Å²) >= 11 is 0. The summed E-state index contributed by atoms with van der Waals surface area (Å²) in [6.45, 7) is 0.00638. The van der Waals surface area contributed by atoms with Crippen molar-refractivity contribution >= 4 is 11.8 Å². The van der Waals surface area contributed by atoms with Crippen molar-refractivity contribution in [2.24, 2.45) is 11.8 Å². The normalized spacial score (nSPS) is 17.5. The fourth-order valence-electron chi connectivity index (χ4n) is 4.05. The SMILES string of the molecule is COc1ccc(COc2c(F)cc(C(=O)NCC3CCC(C(=O)N(C)OC)CC3)c(F)c2F)cc1. The maximum atomic E-state index is 14.6. The number of nitrogens with one attached hydrogen (secondary N) is 1. The third-order valence-corrected chi connectivity index (χ3v) is 6.23. The van der Waals surface area contributed by atoms with Crippen molar-refractivity contribution in [1.82, 2.24) is 10.4 Å². The van der Waals surface area contributed by atoms with Gasteiger partial charge in [-0.15, -0.1) is 0 Å². The molecule has 1 aliphatic carbocycles. The zero-order valence-electron chi connectivity index (χ0n) is 19.9. The summed E-state index contributed by atoms with van der Waals surface area (Å²) in [4.78, 5) is 29.5. The molecule has 0 saturated heterocycles. The number of halogens is 3. The molecule has 7 nitrogen and oxygen atoms in total. The Kier molecular flexibility index (Phi) is 8.97. The first-order chi connectivity index (χ1) is 16.7. The predicted octanol–water partition coefficient (Wildman–Crippen LogP) is 4.25. The standard InChI is InChI=1S/C25H29F3N2O5/c1-30(34-3)25(32)17-8-4-15(5-9-17)13-29-24(31)19-12-20(26)23(22(28)21(19)27)35-14-16-6-10-18(33-2)11-7-16/h6-7,10-12,15,17H,4-5,8-9,13-14H2,1-3H3,(H,29,31). The molecule has 2 aromatic rings. The Morgan fingerprint density at radius 2 is 1.69 bits per heavy atom. The Labute approximate surface area is 202 Å². The number of hydrogen-bond donors (Lipinski definition) is 1. The molecule has 1 fully saturated rings. The molecule has 2 amide bonds. The van der Waals surface area contributed by atoms with Crippen LogP contribution in [0.2, 0.25) is 0 Å². The minimum absolute atomic E-state index is 0.0701. The van der Waals surface area contributed by atoms with Crippen molar-refractivity contribution in [3.05, 3.63) is 58.9 Å². The second-order valence-corrected chi connectivity index (χ2v) is 8.45. The second-order valence-electron chi connectivity index (χ2n) is 8.45. The van der Waals surface area contributed by atoms with E-state index in [1.54, 1.807) is 31.3 Å².